The van der Waals surface area contributed by atoms with E-state index in [-0.39, 0.29) is 4.90 Å². The Labute approximate surface area is 149 Å². The third-order valence-corrected chi connectivity index (χ3v) is 3.87. The Bertz CT molecular complexity index is 758. The molecule has 1 aromatic carbocycles. The molecule has 0 unspecified atom stereocenters. The molecule has 1 aromatic rings. The first-order valence-corrected chi connectivity index (χ1v) is 8.78. The minimum Gasteiger partial charge on any atom is -0.444 e. The van der Waals surface area contributed by atoms with Crippen molar-refractivity contribution >= 4 is 22.1 Å². The number of hydrogen-bond donors (Lipinski definition) is 2. The smallest absolute Gasteiger partial charge is 0.407 e. The van der Waals surface area contributed by atoms with Gasteiger partial charge in [-0.1, -0.05) is 18.2 Å². The van der Waals surface area contributed by atoms with Crippen LogP contribution >= 0.6 is 0 Å². The second-order valence-corrected chi connectivity index (χ2v) is 7.65. The van der Waals surface area contributed by atoms with Crippen LogP contribution in [-0.4, -0.2) is 43.6 Å². The van der Waals surface area contributed by atoms with Gasteiger partial charge in [0.1, 0.15) is 5.60 Å². The normalized spacial score (nSPS) is 12.7. The Morgan fingerprint density at radius 1 is 1.23 bits per heavy atom. The lowest BCUT2D eigenvalue weighted by Crippen LogP contribution is -2.45. The van der Waals surface area contributed by atoms with Gasteiger partial charge in [0, 0.05) is 4.92 Å². The van der Waals surface area contributed by atoms with Crippen molar-refractivity contribution < 1.29 is 32.5 Å². The van der Waals surface area contributed by atoms with Crippen LogP contribution in [0.2, 0.25) is 0 Å². The van der Waals surface area contributed by atoms with E-state index in [0.29, 0.717) is 0 Å². The molecule has 0 saturated carbocycles. The molecule has 0 bridgehead atoms. The fourth-order valence-corrected chi connectivity index (χ4v) is 2.35. The van der Waals surface area contributed by atoms with Gasteiger partial charge in [0.15, 0.2) is 0 Å². The molecule has 2 N–H and O–H groups in total. The number of amides is 1. The van der Waals surface area contributed by atoms with E-state index < -0.39 is 45.2 Å². The quantitative estimate of drug-likeness (QED) is 0.507. The van der Waals surface area contributed by atoms with Gasteiger partial charge in [0.05, 0.1) is 11.4 Å². The Balaban J connectivity index is 2.66. The molecule has 0 saturated heterocycles. The highest BCUT2D eigenvalue weighted by Crippen LogP contribution is 2.08. The van der Waals surface area contributed by atoms with E-state index in [2.05, 4.69) is 4.84 Å². The van der Waals surface area contributed by atoms with Crippen LogP contribution in [0.1, 0.15) is 20.8 Å². The molecular weight excluding hydrogens is 370 g/mol. The van der Waals surface area contributed by atoms with Crippen LogP contribution in [0.15, 0.2) is 35.2 Å². The summed E-state index contributed by atoms with van der Waals surface area (Å²) in [5.74, 6) is -1.49. The molecule has 0 aliphatic carbocycles. The fourth-order valence-electron chi connectivity index (χ4n) is 1.55. The maximum Gasteiger partial charge on any atom is 0.407 e. The van der Waals surface area contributed by atoms with Crippen molar-refractivity contribution in [3.05, 3.63) is 40.4 Å². The van der Waals surface area contributed by atoms with Gasteiger partial charge in [-0.25, -0.2) is 18.0 Å². The molecule has 0 aliphatic heterocycles. The Morgan fingerprint density at radius 2 is 1.81 bits per heavy atom. The number of carbonyl (C=O) groups is 2. The predicted octanol–water partition coefficient (Wildman–Crippen LogP) is 0.593. The molecule has 0 aliphatic rings. The molecule has 0 spiro atoms. The summed E-state index contributed by atoms with van der Waals surface area (Å²) in [4.78, 5) is 38.8. The molecule has 1 rings (SSSR count). The van der Waals surface area contributed by atoms with Crippen molar-refractivity contribution in [2.45, 2.75) is 37.3 Å². The molecule has 11 nitrogen and oxygen atoms in total. The zero-order chi connectivity index (χ0) is 20.0. The van der Waals surface area contributed by atoms with E-state index in [1.165, 1.54) is 29.2 Å². The van der Waals surface area contributed by atoms with Gasteiger partial charge in [0.2, 0.25) is 0 Å². The van der Waals surface area contributed by atoms with Crippen molar-refractivity contribution in [1.29, 1.82) is 0 Å². The zero-order valence-corrected chi connectivity index (χ0v) is 15.1. The minimum atomic E-state index is -4.20. The molecule has 1 atom stereocenters. The molecular formula is C14H19N3O8S. The summed E-state index contributed by atoms with van der Waals surface area (Å²) in [5.41, 5.74) is -0.833. The lowest BCUT2D eigenvalue weighted by molar-refractivity contribution is -0.508. The molecule has 26 heavy (non-hydrogen) atoms. The first kappa shape index (κ1) is 21.3. The highest BCUT2D eigenvalue weighted by Gasteiger charge is 2.34. The number of nitrogens with zero attached hydrogens (tertiary/aromatic N) is 1. The summed E-state index contributed by atoms with van der Waals surface area (Å²) >= 11 is 0. The molecule has 1 amide bonds. The number of carbonyl (C=O) groups excluding carboxylic acids is 2. The van der Waals surface area contributed by atoms with Crippen molar-refractivity contribution in [2.24, 2.45) is 0 Å². The van der Waals surface area contributed by atoms with E-state index in [1.54, 1.807) is 26.8 Å². The lowest BCUT2D eigenvalue weighted by Gasteiger charge is -2.19. The van der Waals surface area contributed by atoms with E-state index in [4.69, 9.17) is 4.74 Å². The third-order valence-electron chi connectivity index (χ3n) is 2.67. The number of benzene rings is 1. The monoisotopic (exact) mass is 389 g/mol. The number of nitrogens with one attached hydrogen (secondary N) is 2. The number of alkyl carbamates (subject to hydrolysis) is 1. The van der Waals surface area contributed by atoms with E-state index in [1.807, 2.05) is 5.32 Å². The number of rotatable bonds is 7. The highest BCUT2D eigenvalue weighted by molar-refractivity contribution is 7.89. The van der Waals surface area contributed by atoms with Crippen molar-refractivity contribution in [1.82, 2.24) is 10.2 Å². The highest BCUT2D eigenvalue weighted by atomic mass is 32.2. The third kappa shape index (κ3) is 7.03. The van der Waals surface area contributed by atoms with Crippen LogP contribution < -0.4 is 10.2 Å². The molecule has 0 aromatic heterocycles. The topological polar surface area (TPSA) is 154 Å². The summed E-state index contributed by atoms with van der Waals surface area (Å²) in [5, 5.41) is 13.0. The number of nitro groups is 1. The second kappa shape index (κ2) is 8.58. The Kier molecular flexibility index (Phi) is 7.03. The van der Waals surface area contributed by atoms with Gasteiger partial charge < -0.3 is 14.9 Å². The summed E-state index contributed by atoms with van der Waals surface area (Å²) in [6.07, 6.45) is -0.970. The van der Waals surface area contributed by atoms with Crippen LogP contribution in [0.5, 0.6) is 0 Å². The van der Waals surface area contributed by atoms with E-state index in [9.17, 15) is 28.1 Å². The maximum absolute atomic E-state index is 11.9. The van der Waals surface area contributed by atoms with Crippen LogP contribution in [0.4, 0.5) is 4.79 Å². The number of hydrogen-bond acceptors (Lipinski definition) is 8. The van der Waals surface area contributed by atoms with Gasteiger partial charge in [-0.3, -0.25) is 10.1 Å². The first-order valence-electron chi connectivity index (χ1n) is 7.30. The standard InChI is InChI=1S/C14H19N3O8S/c1-14(2,3)24-13(19)15-9-11(17(20)21)12(18)25-16-26(22,23)10-7-5-4-6-8-10/h4-8,11,16H,9H2,1-3H3,(H,15,19)/t11-/m0/s1. The van der Waals surface area contributed by atoms with Gasteiger partial charge >= 0.3 is 18.1 Å². The molecule has 0 heterocycles. The first-order chi connectivity index (χ1) is 11.9. The van der Waals surface area contributed by atoms with Crippen LogP contribution in [0.3, 0.4) is 0 Å². The number of ether oxygens (including phenoxy) is 1. The average Bonchev–Trinajstić information content (AvgIpc) is 2.52. The number of sulfonamides is 1. The van der Waals surface area contributed by atoms with Crippen molar-refractivity contribution in [2.75, 3.05) is 6.54 Å². The fraction of sp³-hybridized carbons (Fsp3) is 0.429. The summed E-state index contributed by atoms with van der Waals surface area (Å²) in [6.45, 7) is 4.02. The van der Waals surface area contributed by atoms with E-state index in [0.717, 1.165) is 0 Å². The second-order valence-electron chi connectivity index (χ2n) is 6.00. The van der Waals surface area contributed by atoms with E-state index >= 15 is 0 Å². The molecule has 12 heteroatoms. The van der Waals surface area contributed by atoms with Gasteiger partial charge in [-0.2, -0.15) is 0 Å². The summed E-state index contributed by atoms with van der Waals surface area (Å²) in [6, 6.07) is 4.93. The van der Waals surface area contributed by atoms with Crippen molar-refractivity contribution in [3.8, 4) is 0 Å². The van der Waals surface area contributed by atoms with Gasteiger partial charge in [-0.05, 0) is 37.8 Å². The SMILES string of the molecule is CC(C)(C)OC(=O)NC[C@@H](C(=O)ONS(=O)(=O)c1ccccc1)[N+](=O)[O-]. The largest absolute Gasteiger partial charge is 0.444 e. The average molecular weight is 389 g/mol. The van der Waals surface area contributed by atoms with Gasteiger partial charge in [-0.15, -0.1) is 0 Å². The van der Waals surface area contributed by atoms with Crippen LogP contribution in [-0.2, 0) is 24.4 Å². The Hall–Kier alpha value is -2.73. The predicted molar refractivity (Wildman–Crippen MR) is 87.9 cm³/mol. The summed E-state index contributed by atoms with van der Waals surface area (Å²) < 4.78 is 28.7. The Morgan fingerprint density at radius 3 is 2.31 bits per heavy atom. The van der Waals surface area contributed by atoms with Crippen molar-refractivity contribution in [3.63, 3.8) is 0 Å². The zero-order valence-electron chi connectivity index (χ0n) is 14.3. The lowest BCUT2D eigenvalue weighted by atomic mass is 10.2. The molecule has 0 radical (unpaired) electrons. The molecule has 144 valence electrons. The summed E-state index contributed by atoms with van der Waals surface area (Å²) in [7, 11) is -4.20. The maximum atomic E-state index is 11.9. The molecule has 0 fully saturated rings. The van der Waals surface area contributed by atoms with Gasteiger partial charge in [0.25, 0.3) is 10.0 Å². The van der Waals surface area contributed by atoms with Crippen LogP contribution in [0.25, 0.3) is 0 Å². The van der Waals surface area contributed by atoms with Crippen LogP contribution in [0, 0.1) is 10.1 Å². The minimum absolute atomic E-state index is 0.197.